The summed E-state index contributed by atoms with van der Waals surface area (Å²) in [7, 11) is 0. The van der Waals surface area contributed by atoms with Crippen LogP contribution in [-0.2, 0) is 9.47 Å². The lowest BCUT2D eigenvalue weighted by Gasteiger charge is -2.31. The van der Waals surface area contributed by atoms with Crippen molar-refractivity contribution in [2.75, 3.05) is 26.2 Å². The molecule has 13 heavy (non-hydrogen) atoms. The summed E-state index contributed by atoms with van der Waals surface area (Å²) in [5.41, 5.74) is 0.0823. The van der Waals surface area contributed by atoms with Gasteiger partial charge in [0, 0.05) is 19.0 Å². The highest BCUT2D eigenvalue weighted by Gasteiger charge is 2.55. The Morgan fingerprint density at radius 3 is 3.00 bits per heavy atom. The molecule has 3 heteroatoms. The SMILES string of the molecule is CCC1OCC2(CN3CCC2C3)O1. The van der Waals surface area contributed by atoms with Crippen LogP contribution in [0.2, 0.25) is 0 Å². The van der Waals surface area contributed by atoms with Gasteiger partial charge >= 0.3 is 0 Å². The Bertz CT molecular complexity index is 221. The molecule has 4 unspecified atom stereocenters. The molecule has 3 aliphatic heterocycles. The molecular formula is C10H17NO2. The normalized spacial score (nSPS) is 53.8. The van der Waals surface area contributed by atoms with Crippen molar-refractivity contribution in [3.05, 3.63) is 0 Å². The maximum atomic E-state index is 6.03. The summed E-state index contributed by atoms with van der Waals surface area (Å²) in [5, 5.41) is 0. The summed E-state index contributed by atoms with van der Waals surface area (Å²) < 4.78 is 11.7. The number of fused-ring (bicyclic) bond motifs is 3. The average molecular weight is 183 g/mol. The zero-order chi connectivity index (χ0) is 8.89. The van der Waals surface area contributed by atoms with Crippen LogP contribution in [0.3, 0.4) is 0 Å². The molecule has 1 spiro atoms. The smallest absolute Gasteiger partial charge is 0.158 e. The molecule has 0 aromatic heterocycles. The molecule has 0 aromatic rings. The van der Waals surface area contributed by atoms with Crippen LogP contribution in [0, 0.1) is 5.92 Å². The van der Waals surface area contributed by atoms with E-state index in [1.54, 1.807) is 0 Å². The van der Waals surface area contributed by atoms with Gasteiger partial charge in [-0.3, -0.25) is 4.90 Å². The highest BCUT2D eigenvalue weighted by atomic mass is 16.7. The third kappa shape index (κ3) is 1.07. The van der Waals surface area contributed by atoms with Gasteiger partial charge in [0.15, 0.2) is 6.29 Å². The Kier molecular flexibility index (Phi) is 1.70. The number of hydrogen-bond acceptors (Lipinski definition) is 3. The second-order valence-corrected chi connectivity index (χ2v) is 4.55. The van der Waals surface area contributed by atoms with Crippen molar-refractivity contribution in [3.8, 4) is 0 Å². The number of nitrogens with zero attached hydrogens (tertiary/aromatic N) is 1. The molecule has 3 rings (SSSR count). The van der Waals surface area contributed by atoms with Gasteiger partial charge in [0.05, 0.1) is 6.61 Å². The Hall–Kier alpha value is -0.120. The monoisotopic (exact) mass is 183 g/mol. The van der Waals surface area contributed by atoms with Gasteiger partial charge in [0.1, 0.15) is 5.60 Å². The van der Waals surface area contributed by atoms with Crippen LogP contribution in [0.1, 0.15) is 19.8 Å². The Labute approximate surface area is 79.0 Å². The van der Waals surface area contributed by atoms with Crippen molar-refractivity contribution in [3.63, 3.8) is 0 Å². The van der Waals surface area contributed by atoms with Crippen LogP contribution < -0.4 is 0 Å². The standard InChI is InChI=1S/C10H17NO2/c1-2-9-12-7-10(13-9)6-11-4-3-8(10)5-11/h8-9H,2-7H2,1H3. The van der Waals surface area contributed by atoms with E-state index in [1.165, 1.54) is 19.5 Å². The predicted octanol–water partition coefficient (Wildman–Crippen LogP) is 0.844. The first-order chi connectivity index (χ1) is 6.32. The summed E-state index contributed by atoms with van der Waals surface area (Å²) in [4.78, 5) is 2.51. The van der Waals surface area contributed by atoms with Gasteiger partial charge < -0.3 is 9.47 Å². The Morgan fingerprint density at radius 1 is 1.54 bits per heavy atom. The van der Waals surface area contributed by atoms with Crippen LogP contribution >= 0.6 is 0 Å². The molecule has 2 bridgehead atoms. The van der Waals surface area contributed by atoms with Crippen molar-refractivity contribution < 1.29 is 9.47 Å². The number of hydrogen-bond donors (Lipinski definition) is 0. The molecule has 0 amide bonds. The minimum absolute atomic E-state index is 0.0700. The van der Waals surface area contributed by atoms with Crippen molar-refractivity contribution in [1.29, 1.82) is 0 Å². The van der Waals surface area contributed by atoms with Crippen molar-refractivity contribution in [1.82, 2.24) is 4.90 Å². The minimum atomic E-state index is 0.0700. The number of rotatable bonds is 1. The molecule has 3 nitrogen and oxygen atoms in total. The number of piperidine rings is 1. The third-order valence-electron chi connectivity index (χ3n) is 3.72. The molecule has 74 valence electrons. The molecular weight excluding hydrogens is 166 g/mol. The molecule has 3 aliphatic rings. The summed E-state index contributed by atoms with van der Waals surface area (Å²) in [6.07, 6.45) is 2.36. The highest BCUT2D eigenvalue weighted by molar-refractivity contribution is 5.05. The Balaban J connectivity index is 1.77. The van der Waals surface area contributed by atoms with E-state index < -0.39 is 0 Å². The molecule has 0 aliphatic carbocycles. The highest BCUT2D eigenvalue weighted by Crippen LogP contribution is 2.43. The van der Waals surface area contributed by atoms with E-state index >= 15 is 0 Å². The summed E-state index contributed by atoms with van der Waals surface area (Å²) >= 11 is 0. The topological polar surface area (TPSA) is 21.7 Å². The molecule has 3 fully saturated rings. The van der Waals surface area contributed by atoms with Crippen LogP contribution in [0.4, 0.5) is 0 Å². The first-order valence-electron chi connectivity index (χ1n) is 5.34. The first kappa shape index (κ1) is 8.21. The predicted molar refractivity (Wildman–Crippen MR) is 48.4 cm³/mol. The minimum Gasteiger partial charge on any atom is -0.350 e. The van der Waals surface area contributed by atoms with Gasteiger partial charge in [-0.1, -0.05) is 6.92 Å². The zero-order valence-corrected chi connectivity index (χ0v) is 8.16. The fourth-order valence-electron chi connectivity index (χ4n) is 2.98. The summed E-state index contributed by atoms with van der Waals surface area (Å²) in [6, 6.07) is 0. The molecule has 3 saturated heterocycles. The van der Waals surface area contributed by atoms with Crippen molar-refractivity contribution in [2.24, 2.45) is 5.92 Å². The van der Waals surface area contributed by atoms with Crippen LogP contribution in [0.5, 0.6) is 0 Å². The van der Waals surface area contributed by atoms with Crippen LogP contribution in [0.25, 0.3) is 0 Å². The summed E-state index contributed by atoms with van der Waals surface area (Å²) in [5.74, 6) is 0.740. The lowest BCUT2D eigenvalue weighted by Crippen LogP contribution is -2.44. The average Bonchev–Trinajstić information content (AvgIpc) is 2.80. The van der Waals surface area contributed by atoms with E-state index in [4.69, 9.17) is 9.47 Å². The molecule has 4 atom stereocenters. The van der Waals surface area contributed by atoms with Gasteiger partial charge in [0.25, 0.3) is 0 Å². The van der Waals surface area contributed by atoms with Crippen molar-refractivity contribution >= 4 is 0 Å². The fraction of sp³-hybridized carbons (Fsp3) is 1.00. The van der Waals surface area contributed by atoms with Gasteiger partial charge in [-0.05, 0) is 19.4 Å². The van der Waals surface area contributed by atoms with Crippen LogP contribution in [-0.4, -0.2) is 43.0 Å². The lowest BCUT2D eigenvalue weighted by molar-refractivity contribution is -0.103. The molecule has 0 radical (unpaired) electrons. The van der Waals surface area contributed by atoms with E-state index in [9.17, 15) is 0 Å². The van der Waals surface area contributed by atoms with E-state index in [-0.39, 0.29) is 11.9 Å². The third-order valence-corrected chi connectivity index (χ3v) is 3.72. The quantitative estimate of drug-likeness (QED) is 0.601. The number of ether oxygens (including phenoxy) is 2. The molecule has 0 saturated carbocycles. The second kappa shape index (κ2) is 2.69. The first-order valence-corrected chi connectivity index (χ1v) is 5.34. The van der Waals surface area contributed by atoms with Crippen LogP contribution in [0.15, 0.2) is 0 Å². The Morgan fingerprint density at radius 2 is 2.46 bits per heavy atom. The van der Waals surface area contributed by atoms with Gasteiger partial charge in [-0.15, -0.1) is 0 Å². The van der Waals surface area contributed by atoms with E-state index in [1.807, 2.05) is 0 Å². The van der Waals surface area contributed by atoms with Gasteiger partial charge in [-0.25, -0.2) is 0 Å². The van der Waals surface area contributed by atoms with Crippen molar-refractivity contribution in [2.45, 2.75) is 31.7 Å². The van der Waals surface area contributed by atoms with Gasteiger partial charge in [0.2, 0.25) is 0 Å². The van der Waals surface area contributed by atoms with E-state index in [2.05, 4.69) is 11.8 Å². The molecule has 3 heterocycles. The molecule has 0 aromatic carbocycles. The lowest BCUT2D eigenvalue weighted by atomic mass is 9.88. The zero-order valence-electron chi connectivity index (χ0n) is 8.16. The summed E-state index contributed by atoms with van der Waals surface area (Å²) in [6.45, 7) is 6.56. The second-order valence-electron chi connectivity index (χ2n) is 4.55. The maximum Gasteiger partial charge on any atom is 0.158 e. The van der Waals surface area contributed by atoms with Gasteiger partial charge in [-0.2, -0.15) is 0 Å². The van der Waals surface area contributed by atoms with E-state index in [0.29, 0.717) is 0 Å². The van der Waals surface area contributed by atoms with E-state index in [0.717, 1.165) is 25.5 Å². The molecule has 0 N–H and O–H groups in total. The fourth-order valence-corrected chi connectivity index (χ4v) is 2.98. The largest absolute Gasteiger partial charge is 0.350 e. The maximum absolute atomic E-state index is 6.03.